The number of nitrogens with one attached hydrogen (secondary N) is 2. The van der Waals surface area contributed by atoms with E-state index in [4.69, 9.17) is 0 Å². The van der Waals surface area contributed by atoms with Gasteiger partial charge in [-0.25, -0.2) is 23.2 Å². The molecule has 0 aromatic carbocycles. The van der Waals surface area contributed by atoms with Gasteiger partial charge >= 0.3 is 6.03 Å². The molecule has 0 atom stereocenters. The van der Waals surface area contributed by atoms with Crippen molar-refractivity contribution in [2.45, 2.75) is 54.5 Å². The molecule has 166 valence electrons. The molecule has 1 aliphatic carbocycles. The van der Waals surface area contributed by atoms with E-state index in [1.54, 1.807) is 38.2 Å². The van der Waals surface area contributed by atoms with Crippen LogP contribution in [0.5, 0.6) is 0 Å². The van der Waals surface area contributed by atoms with E-state index in [2.05, 4.69) is 20.6 Å². The zero-order valence-corrected chi connectivity index (χ0v) is 19.1. The van der Waals surface area contributed by atoms with Gasteiger partial charge in [-0.2, -0.15) is 0 Å². The van der Waals surface area contributed by atoms with Crippen molar-refractivity contribution in [3.8, 4) is 10.6 Å². The van der Waals surface area contributed by atoms with E-state index in [0.29, 0.717) is 28.9 Å². The summed E-state index contributed by atoms with van der Waals surface area (Å²) in [6.07, 6.45) is 5.00. The molecule has 9 nitrogen and oxygen atoms in total. The van der Waals surface area contributed by atoms with Gasteiger partial charge in [-0.05, 0) is 44.9 Å². The number of amides is 3. The third-order valence-corrected chi connectivity index (χ3v) is 9.72. The van der Waals surface area contributed by atoms with Crippen LogP contribution < -0.4 is 10.6 Å². The lowest BCUT2D eigenvalue weighted by molar-refractivity contribution is -0.125. The molecule has 2 aliphatic rings. The summed E-state index contributed by atoms with van der Waals surface area (Å²) < 4.78 is 26.0. The molecule has 11 heteroatoms. The van der Waals surface area contributed by atoms with Gasteiger partial charge in [0.25, 0.3) is 5.91 Å². The van der Waals surface area contributed by atoms with Crippen LogP contribution in [0.25, 0.3) is 10.6 Å². The van der Waals surface area contributed by atoms with Gasteiger partial charge in [0.1, 0.15) is 9.75 Å². The van der Waals surface area contributed by atoms with Crippen LogP contribution in [0.3, 0.4) is 0 Å². The zero-order chi connectivity index (χ0) is 22.2. The van der Waals surface area contributed by atoms with Crippen molar-refractivity contribution in [2.75, 3.05) is 18.4 Å². The molecule has 3 heterocycles. The van der Waals surface area contributed by atoms with E-state index in [1.807, 2.05) is 0 Å². The average molecular weight is 464 g/mol. The molecule has 0 spiro atoms. The van der Waals surface area contributed by atoms with E-state index in [0.717, 1.165) is 30.6 Å². The van der Waals surface area contributed by atoms with E-state index in [9.17, 15) is 18.0 Å². The number of urea groups is 1. The number of carbonyl (C=O) groups is 2. The summed E-state index contributed by atoms with van der Waals surface area (Å²) in [4.78, 5) is 34.7. The molecule has 1 aliphatic heterocycles. The number of hydrogen-bond acceptors (Lipinski definition) is 8. The van der Waals surface area contributed by atoms with Crippen LogP contribution in [0.4, 0.5) is 10.7 Å². The van der Waals surface area contributed by atoms with Gasteiger partial charge in [0.05, 0.1) is 15.8 Å². The van der Waals surface area contributed by atoms with Gasteiger partial charge in [0, 0.05) is 19.3 Å². The topological polar surface area (TPSA) is 121 Å². The molecule has 4 rings (SSSR count). The number of sulfone groups is 1. The summed E-state index contributed by atoms with van der Waals surface area (Å²) >= 11 is 1.23. The van der Waals surface area contributed by atoms with Gasteiger partial charge in [0.15, 0.2) is 9.84 Å². The summed E-state index contributed by atoms with van der Waals surface area (Å²) in [6, 6.07) is 4.76. The maximum absolute atomic E-state index is 12.8. The molecule has 31 heavy (non-hydrogen) atoms. The molecule has 2 fully saturated rings. The fourth-order valence-corrected chi connectivity index (χ4v) is 7.30. The Labute approximate surface area is 185 Å². The van der Waals surface area contributed by atoms with Crippen LogP contribution in [-0.4, -0.2) is 59.1 Å². The van der Waals surface area contributed by atoms with Crippen molar-refractivity contribution in [3.05, 3.63) is 24.4 Å². The second-order valence-corrected chi connectivity index (χ2v) is 11.8. The molecular weight excluding hydrogens is 438 g/mol. The summed E-state index contributed by atoms with van der Waals surface area (Å²) in [5.41, 5.74) is -0.274. The highest BCUT2D eigenvalue weighted by molar-refractivity contribution is 7.94. The number of anilines is 1. The van der Waals surface area contributed by atoms with Crippen molar-refractivity contribution in [3.63, 3.8) is 0 Å². The van der Waals surface area contributed by atoms with Gasteiger partial charge in [0.2, 0.25) is 5.95 Å². The molecule has 2 aromatic rings. The number of hydrogen-bond donors (Lipinski definition) is 2. The third kappa shape index (κ3) is 4.16. The van der Waals surface area contributed by atoms with Crippen LogP contribution in [0.1, 0.15) is 39.5 Å². The van der Waals surface area contributed by atoms with E-state index >= 15 is 0 Å². The number of carbonyl (C=O) groups excluding carboxylic acids is 2. The number of nitrogens with zero attached hydrogens (tertiary/aromatic N) is 3. The Balaban J connectivity index is 1.43. The average Bonchev–Trinajstić information content (AvgIpc) is 3.46. The van der Waals surface area contributed by atoms with Crippen LogP contribution in [0.15, 0.2) is 28.6 Å². The van der Waals surface area contributed by atoms with Gasteiger partial charge in [-0.15, -0.1) is 11.3 Å². The lowest BCUT2D eigenvalue weighted by atomic mass is 10.0. The highest BCUT2D eigenvalue weighted by Crippen LogP contribution is 2.36. The highest BCUT2D eigenvalue weighted by Gasteiger charge is 2.45. The lowest BCUT2D eigenvalue weighted by Gasteiger charge is -2.27. The molecule has 0 radical (unpaired) electrons. The molecule has 1 saturated heterocycles. The highest BCUT2D eigenvalue weighted by atomic mass is 32.2. The quantitative estimate of drug-likeness (QED) is 0.606. The van der Waals surface area contributed by atoms with Gasteiger partial charge in [-0.1, -0.05) is 12.8 Å². The lowest BCUT2D eigenvalue weighted by Crippen LogP contribution is -2.46. The Morgan fingerprint density at radius 3 is 2.65 bits per heavy atom. The first kappa shape index (κ1) is 21.7. The van der Waals surface area contributed by atoms with Crippen molar-refractivity contribution in [2.24, 2.45) is 0 Å². The minimum absolute atomic E-state index is 0.277. The third-order valence-electron chi connectivity index (χ3n) is 5.83. The second-order valence-electron chi connectivity index (χ2n) is 8.23. The molecule has 2 N–H and O–H groups in total. The number of thiophene rings is 1. The maximum Gasteiger partial charge on any atom is 0.325 e. The largest absolute Gasteiger partial charge is 0.352 e. The van der Waals surface area contributed by atoms with Crippen molar-refractivity contribution in [1.29, 1.82) is 0 Å². The van der Waals surface area contributed by atoms with Crippen molar-refractivity contribution < 1.29 is 18.0 Å². The van der Waals surface area contributed by atoms with Gasteiger partial charge < -0.3 is 10.2 Å². The zero-order valence-electron chi connectivity index (χ0n) is 17.4. The van der Waals surface area contributed by atoms with Crippen LogP contribution in [0.2, 0.25) is 0 Å². The van der Waals surface area contributed by atoms with Gasteiger partial charge in [-0.3, -0.25) is 10.1 Å². The van der Waals surface area contributed by atoms with E-state index < -0.39 is 21.4 Å². The summed E-state index contributed by atoms with van der Waals surface area (Å²) in [5, 5.41) is 5.10. The smallest absolute Gasteiger partial charge is 0.325 e. The molecule has 0 unspecified atom stereocenters. The first-order chi connectivity index (χ1) is 14.7. The predicted octanol–water partition coefficient (Wildman–Crippen LogP) is 2.66. The van der Waals surface area contributed by atoms with Crippen molar-refractivity contribution in [1.82, 2.24) is 20.2 Å². The molecule has 0 bridgehead atoms. The fourth-order valence-electron chi connectivity index (χ4n) is 3.91. The van der Waals surface area contributed by atoms with E-state index in [-0.39, 0.29) is 11.2 Å². The first-order valence-corrected chi connectivity index (χ1v) is 12.6. The Kier molecular flexibility index (Phi) is 5.73. The summed E-state index contributed by atoms with van der Waals surface area (Å²) in [5.74, 6) is 0.0478. The standard InChI is InChI=1S/C20H25N5O4S2/c1-20(2)17(26)24-19(27)25(20)12-11-22-18-21-10-9-14(23-18)15-7-8-16(30-15)31(28,29)13-5-3-4-6-13/h7-10,13H,3-6,11-12H2,1-2H3,(H,21,22,23)(H,24,26,27). The summed E-state index contributed by atoms with van der Waals surface area (Å²) in [6.45, 7) is 4.05. The Bertz CT molecular complexity index is 1110. The SMILES string of the molecule is CC1(C)C(=O)NC(=O)N1CCNc1nccc(-c2ccc(S(=O)(=O)C3CCCC3)s2)n1. The minimum atomic E-state index is -3.29. The van der Waals surface area contributed by atoms with Crippen LogP contribution in [0, 0.1) is 0 Å². The van der Waals surface area contributed by atoms with Crippen LogP contribution >= 0.6 is 11.3 Å². The number of rotatable bonds is 7. The Morgan fingerprint density at radius 2 is 1.97 bits per heavy atom. The summed E-state index contributed by atoms with van der Waals surface area (Å²) in [7, 11) is -3.29. The Hall–Kier alpha value is -2.53. The molecule has 2 aromatic heterocycles. The van der Waals surface area contributed by atoms with Crippen LogP contribution in [-0.2, 0) is 14.6 Å². The number of aromatic nitrogens is 2. The fraction of sp³-hybridized carbons (Fsp3) is 0.500. The first-order valence-electron chi connectivity index (χ1n) is 10.2. The monoisotopic (exact) mass is 463 g/mol. The Morgan fingerprint density at radius 1 is 1.23 bits per heavy atom. The predicted molar refractivity (Wildman–Crippen MR) is 118 cm³/mol. The molecule has 3 amide bonds. The van der Waals surface area contributed by atoms with Crippen molar-refractivity contribution >= 4 is 39.1 Å². The van der Waals surface area contributed by atoms with E-state index in [1.165, 1.54) is 16.2 Å². The molecular formula is C20H25N5O4S2. The molecule has 1 saturated carbocycles. The second kappa shape index (κ2) is 8.19. The maximum atomic E-state index is 12.8. The number of imide groups is 1. The normalized spacial score (nSPS) is 19.1. The minimum Gasteiger partial charge on any atom is -0.352 e.